The number of furan rings is 1. The average molecular weight is 410 g/mol. The molecule has 1 amide bonds. The summed E-state index contributed by atoms with van der Waals surface area (Å²) in [5, 5.41) is 9.75. The monoisotopic (exact) mass is 410 g/mol. The molecule has 0 atom stereocenters. The van der Waals surface area contributed by atoms with E-state index in [0.29, 0.717) is 33.9 Å². The molecule has 0 spiro atoms. The second-order valence-corrected chi connectivity index (χ2v) is 6.90. The first-order chi connectivity index (χ1) is 14.1. The minimum Gasteiger partial charge on any atom is -0.493 e. The number of rotatable bonds is 7. The van der Waals surface area contributed by atoms with Crippen molar-refractivity contribution in [2.45, 2.75) is 6.92 Å². The van der Waals surface area contributed by atoms with Crippen LogP contribution in [0.15, 0.2) is 58.5 Å². The number of nitrogens with one attached hydrogen (secondary N) is 1. The molecule has 0 aliphatic rings. The third-order valence-corrected chi connectivity index (χ3v) is 4.79. The van der Waals surface area contributed by atoms with Gasteiger partial charge in [-0.1, -0.05) is 12.1 Å². The quantitative estimate of drug-likeness (QED) is 0.496. The van der Waals surface area contributed by atoms with E-state index < -0.39 is 0 Å². The predicted molar refractivity (Wildman–Crippen MR) is 109 cm³/mol. The number of nitrogens with zero attached hydrogens (tertiary/aromatic N) is 3. The van der Waals surface area contributed by atoms with Gasteiger partial charge in [-0.2, -0.15) is 9.78 Å². The molecule has 3 aromatic heterocycles. The van der Waals surface area contributed by atoms with E-state index >= 15 is 0 Å². The standard InChI is InChI=1S/C20H18N4O4S/c1-13-10-18(22-19(25)11-28-17-7-4-3-6-16(17)26-2)24(23-13)20-21-14(12-29-20)15-8-5-9-27-15/h3-10,12H,11H2,1-2H3,(H,22,25). The molecule has 4 aromatic rings. The van der Waals surface area contributed by atoms with Gasteiger partial charge in [0, 0.05) is 11.4 Å². The van der Waals surface area contributed by atoms with Crippen LogP contribution in [0, 0.1) is 6.92 Å². The predicted octanol–water partition coefficient (Wildman–Crippen LogP) is 3.92. The number of aryl methyl sites for hydroxylation is 1. The highest BCUT2D eigenvalue weighted by Crippen LogP contribution is 2.27. The van der Waals surface area contributed by atoms with Gasteiger partial charge in [-0.15, -0.1) is 11.3 Å². The van der Waals surface area contributed by atoms with Crippen LogP contribution >= 0.6 is 11.3 Å². The van der Waals surface area contributed by atoms with E-state index in [1.165, 1.54) is 11.3 Å². The lowest BCUT2D eigenvalue weighted by Gasteiger charge is -2.10. The van der Waals surface area contributed by atoms with E-state index in [1.54, 1.807) is 42.3 Å². The molecule has 8 nitrogen and oxygen atoms in total. The van der Waals surface area contributed by atoms with Crippen LogP contribution in [0.3, 0.4) is 0 Å². The Kier molecular flexibility index (Phi) is 5.30. The Balaban J connectivity index is 1.48. The first kappa shape index (κ1) is 18.8. The Labute approximate surface area is 170 Å². The molecule has 1 N–H and O–H groups in total. The summed E-state index contributed by atoms with van der Waals surface area (Å²) in [5.41, 5.74) is 1.46. The second kappa shape index (κ2) is 8.19. The van der Waals surface area contributed by atoms with Crippen LogP contribution in [0.4, 0.5) is 5.82 Å². The number of hydrogen-bond acceptors (Lipinski definition) is 7. The molecule has 4 rings (SSSR count). The van der Waals surface area contributed by atoms with Gasteiger partial charge in [0.05, 0.1) is 19.1 Å². The Hall–Kier alpha value is -3.59. The van der Waals surface area contributed by atoms with E-state index in [0.717, 1.165) is 5.69 Å². The lowest BCUT2D eigenvalue weighted by Crippen LogP contribution is -2.22. The van der Waals surface area contributed by atoms with E-state index in [9.17, 15) is 4.79 Å². The summed E-state index contributed by atoms with van der Waals surface area (Å²) >= 11 is 1.40. The van der Waals surface area contributed by atoms with Gasteiger partial charge in [-0.05, 0) is 31.2 Å². The number of hydrogen-bond donors (Lipinski definition) is 1. The molecule has 0 saturated heterocycles. The van der Waals surface area contributed by atoms with Crippen LogP contribution < -0.4 is 14.8 Å². The Morgan fingerprint density at radius 3 is 2.83 bits per heavy atom. The van der Waals surface area contributed by atoms with Gasteiger partial charge in [-0.25, -0.2) is 4.98 Å². The maximum absolute atomic E-state index is 12.4. The molecule has 3 heterocycles. The largest absolute Gasteiger partial charge is 0.493 e. The third kappa shape index (κ3) is 4.14. The molecular formula is C20H18N4O4S. The molecule has 148 valence electrons. The van der Waals surface area contributed by atoms with Crippen LogP contribution in [0.1, 0.15) is 5.69 Å². The summed E-state index contributed by atoms with van der Waals surface area (Å²) in [6.45, 7) is 1.68. The molecule has 29 heavy (non-hydrogen) atoms. The van der Waals surface area contributed by atoms with Crippen LogP contribution in [0.5, 0.6) is 11.5 Å². The topological polar surface area (TPSA) is 91.4 Å². The highest BCUT2D eigenvalue weighted by atomic mass is 32.1. The lowest BCUT2D eigenvalue weighted by molar-refractivity contribution is -0.118. The number of methoxy groups -OCH3 is 1. The number of anilines is 1. The molecule has 0 radical (unpaired) electrons. The number of ether oxygens (including phenoxy) is 2. The number of aromatic nitrogens is 3. The van der Waals surface area contributed by atoms with Crippen LogP contribution in [0.2, 0.25) is 0 Å². The van der Waals surface area contributed by atoms with Gasteiger partial charge in [-0.3, -0.25) is 4.79 Å². The molecule has 9 heteroatoms. The van der Waals surface area contributed by atoms with E-state index in [-0.39, 0.29) is 12.5 Å². The maximum atomic E-state index is 12.4. The van der Waals surface area contributed by atoms with E-state index in [1.807, 2.05) is 30.5 Å². The van der Waals surface area contributed by atoms with Crippen LogP contribution in [0.25, 0.3) is 16.6 Å². The Bertz CT molecular complexity index is 1120. The van der Waals surface area contributed by atoms with Crippen molar-refractivity contribution >= 4 is 23.1 Å². The number of thiazole rings is 1. The molecule has 1 aromatic carbocycles. The smallest absolute Gasteiger partial charge is 0.263 e. The highest BCUT2D eigenvalue weighted by Gasteiger charge is 2.16. The SMILES string of the molecule is COc1ccccc1OCC(=O)Nc1cc(C)nn1-c1nc(-c2ccco2)cs1. The van der Waals surface area contributed by atoms with Crippen molar-refractivity contribution in [1.82, 2.24) is 14.8 Å². The Morgan fingerprint density at radius 2 is 2.07 bits per heavy atom. The number of para-hydroxylation sites is 2. The van der Waals surface area contributed by atoms with Crippen molar-refractivity contribution in [3.8, 4) is 28.1 Å². The molecule has 0 fully saturated rings. The Morgan fingerprint density at radius 1 is 1.24 bits per heavy atom. The zero-order valence-corrected chi connectivity index (χ0v) is 16.6. The average Bonchev–Trinajstić information content (AvgIpc) is 3.47. The van der Waals surface area contributed by atoms with E-state index in [4.69, 9.17) is 13.9 Å². The molecule has 0 unspecified atom stereocenters. The zero-order chi connectivity index (χ0) is 20.2. The summed E-state index contributed by atoms with van der Waals surface area (Å²) < 4.78 is 17.8. The first-order valence-electron chi connectivity index (χ1n) is 8.76. The number of carbonyl (C=O) groups excluding carboxylic acids is 1. The van der Waals surface area contributed by atoms with Gasteiger partial charge in [0.1, 0.15) is 11.5 Å². The van der Waals surface area contributed by atoms with Gasteiger partial charge >= 0.3 is 0 Å². The van der Waals surface area contributed by atoms with Gasteiger partial charge in [0.25, 0.3) is 5.91 Å². The minimum atomic E-state index is -0.320. The van der Waals surface area contributed by atoms with Crippen molar-refractivity contribution in [3.63, 3.8) is 0 Å². The zero-order valence-electron chi connectivity index (χ0n) is 15.8. The van der Waals surface area contributed by atoms with Crippen molar-refractivity contribution in [2.75, 3.05) is 19.0 Å². The van der Waals surface area contributed by atoms with Crippen molar-refractivity contribution in [1.29, 1.82) is 0 Å². The summed E-state index contributed by atoms with van der Waals surface area (Å²) in [6.07, 6.45) is 1.60. The van der Waals surface area contributed by atoms with Crippen molar-refractivity contribution in [2.24, 2.45) is 0 Å². The van der Waals surface area contributed by atoms with Gasteiger partial charge < -0.3 is 19.2 Å². The summed E-state index contributed by atoms with van der Waals surface area (Å²) in [5.74, 6) is 1.93. The normalized spacial score (nSPS) is 10.7. The van der Waals surface area contributed by atoms with Crippen molar-refractivity contribution in [3.05, 3.63) is 59.8 Å². The number of carbonyl (C=O) groups is 1. The molecule has 0 bridgehead atoms. The molecule has 0 saturated carbocycles. The maximum Gasteiger partial charge on any atom is 0.263 e. The molecule has 0 aliphatic carbocycles. The summed E-state index contributed by atoms with van der Waals surface area (Å²) in [4.78, 5) is 17.0. The first-order valence-corrected chi connectivity index (χ1v) is 9.64. The third-order valence-electron chi connectivity index (χ3n) is 3.97. The highest BCUT2D eigenvalue weighted by molar-refractivity contribution is 7.12. The fraction of sp³-hybridized carbons (Fsp3) is 0.150. The lowest BCUT2D eigenvalue weighted by atomic mass is 10.3. The molecular weight excluding hydrogens is 392 g/mol. The number of benzene rings is 1. The molecule has 0 aliphatic heterocycles. The van der Waals surface area contributed by atoms with Crippen LogP contribution in [-0.4, -0.2) is 34.4 Å². The number of amides is 1. The van der Waals surface area contributed by atoms with Crippen molar-refractivity contribution < 1.29 is 18.7 Å². The second-order valence-electron chi connectivity index (χ2n) is 6.06. The fourth-order valence-electron chi connectivity index (χ4n) is 2.69. The summed E-state index contributed by atoms with van der Waals surface area (Å²) in [7, 11) is 1.55. The minimum absolute atomic E-state index is 0.167. The fourth-order valence-corrected chi connectivity index (χ4v) is 3.47. The summed E-state index contributed by atoms with van der Waals surface area (Å²) in [6, 6.07) is 12.6. The van der Waals surface area contributed by atoms with Crippen LogP contribution in [-0.2, 0) is 4.79 Å². The van der Waals surface area contributed by atoms with E-state index in [2.05, 4.69) is 15.4 Å². The van der Waals surface area contributed by atoms with Gasteiger partial charge in [0.2, 0.25) is 5.13 Å². The van der Waals surface area contributed by atoms with Gasteiger partial charge in [0.15, 0.2) is 23.9 Å².